The summed E-state index contributed by atoms with van der Waals surface area (Å²) in [6, 6.07) is 0. The third-order valence-electron chi connectivity index (χ3n) is 1.58. The SMILES string of the molecule is CCC(SC(C)CCO)C(=O)O. The number of carbonyl (C=O) groups is 1. The Kier molecular flexibility index (Phi) is 6.20. The molecule has 0 saturated heterocycles. The molecule has 3 nitrogen and oxygen atoms in total. The molecule has 2 N–H and O–H groups in total. The first-order chi connectivity index (χ1) is 5.61. The summed E-state index contributed by atoms with van der Waals surface area (Å²) in [6.45, 7) is 3.92. The van der Waals surface area contributed by atoms with Crippen molar-refractivity contribution in [1.29, 1.82) is 0 Å². The van der Waals surface area contributed by atoms with E-state index >= 15 is 0 Å². The van der Waals surface area contributed by atoms with Crippen molar-refractivity contribution in [3.63, 3.8) is 0 Å². The highest BCUT2D eigenvalue weighted by atomic mass is 32.2. The zero-order valence-corrected chi connectivity index (χ0v) is 8.30. The molecule has 4 heteroatoms. The number of aliphatic hydroxyl groups is 1. The fourth-order valence-corrected chi connectivity index (χ4v) is 1.97. The van der Waals surface area contributed by atoms with Crippen LogP contribution in [0.3, 0.4) is 0 Å². The van der Waals surface area contributed by atoms with Crippen LogP contribution in [0.15, 0.2) is 0 Å². The van der Waals surface area contributed by atoms with E-state index in [2.05, 4.69) is 0 Å². The third-order valence-corrected chi connectivity index (χ3v) is 3.14. The summed E-state index contributed by atoms with van der Waals surface area (Å²) in [5, 5.41) is 17.2. The number of thioether (sulfide) groups is 1. The molecule has 0 aliphatic carbocycles. The standard InChI is InChI=1S/C8H16O3S/c1-3-7(8(10)11)12-6(2)4-5-9/h6-7,9H,3-5H2,1-2H3,(H,10,11). The highest BCUT2D eigenvalue weighted by Crippen LogP contribution is 2.22. The lowest BCUT2D eigenvalue weighted by Gasteiger charge is -2.14. The Labute approximate surface area is 77.2 Å². The fourth-order valence-electron chi connectivity index (χ4n) is 0.859. The average Bonchev–Trinajstić information content (AvgIpc) is 2.00. The molecule has 0 rings (SSSR count). The minimum atomic E-state index is -0.757. The summed E-state index contributed by atoms with van der Waals surface area (Å²) >= 11 is 1.42. The van der Waals surface area contributed by atoms with Gasteiger partial charge >= 0.3 is 5.97 Å². The topological polar surface area (TPSA) is 57.5 Å². The van der Waals surface area contributed by atoms with Crippen LogP contribution < -0.4 is 0 Å². The second kappa shape index (κ2) is 6.31. The van der Waals surface area contributed by atoms with Gasteiger partial charge in [-0.15, -0.1) is 11.8 Å². The number of aliphatic hydroxyl groups excluding tert-OH is 1. The van der Waals surface area contributed by atoms with Crippen LogP contribution in [0, 0.1) is 0 Å². The van der Waals surface area contributed by atoms with E-state index < -0.39 is 5.97 Å². The molecule has 0 aromatic carbocycles. The molecule has 2 atom stereocenters. The van der Waals surface area contributed by atoms with Crippen LogP contribution in [-0.4, -0.2) is 33.3 Å². The van der Waals surface area contributed by atoms with E-state index in [0.717, 1.165) is 0 Å². The zero-order chi connectivity index (χ0) is 9.56. The second-order valence-corrected chi connectivity index (χ2v) is 4.34. The van der Waals surface area contributed by atoms with E-state index in [9.17, 15) is 4.79 Å². The molecule has 0 fully saturated rings. The maximum Gasteiger partial charge on any atom is 0.316 e. The van der Waals surface area contributed by atoms with E-state index in [0.29, 0.717) is 12.8 Å². The van der Waals surface area contributed by atoms with E-state index in [1.807, 2.05) is 13.8 Å². The Morgan fingerprint density at radius 1 is 1.58 bits per heavy atom. The Morgan fingerprint density at radius 2 is 2.17 bits per heavy atom. The molecule has 2 unspecified atom stereocenters. The molecule has 0 aromatic heterocycles. The number of carboxylic acids is 1. The molecule has 0 aliphatic heterocycles. The van der Waals surface area contributed by atoms with Gasteiger partial charge in [0.15, 0.2) is 0 Å². The summed E-state index contributed by atoms with van der Waals surface area (Å²) in [7, 11) is 0. The molecule has 0 radical (unpaired) electrons. The Balaban J connectivity index is 3.77. The summed E-state index contributed by atoms with van der Waals surface area (Å²) in [5.74, 6) is -0.757. The van der Waals surface area contributed by atoms with Crippen molar-refractivity contribution in [1.82, 2.24) is 0 Å². The smallest absolute Gasteiger partial charge is 0.316 e. The lowest BCUT2D eigenvalue weighted by Crippen LogP contribution is -2.18. The summed E-state index contributed by atoms with van der Waals surface area (Å²) in [6.07, 6.45) is 1.30. The normalized spacial score (nSPS) is 15.6. The number of hydrogen-bond acceptors (Lipinski definition) is 3. The minimum absolute atomic E-state index is 0.129. The van der Waals surface area contributed by atoms with Crippen LogP contribution in [-0.2, 0) is 4.79 Å². The predicted octanol–water partition coefficient (Wildman–Crippen LogP) is 1.35. The molecule has 0 bridgehead atoms. The van der Waals surface area contributed by atoms with Crippen molar-refractivity contribution in [2.24, 2.45) is 0 Å². The Morgan fingerprint density at radius 3 is 2.50 bits per heavy atom. The number of rotatable bonds is 6. The molecule has 0 saturated carbocycles. The van der Waals surface area contributed by atoms with Crippen LogP contribution in [0.5, 0.6) is 0 Å². The van der Waals surface area contributed by atoms with Gasteiger partial charge in [-0.05, 0) is 12.8 Å². The van der Waals surface area contributed by atoms with Gasteiger partial charge in [0.1, 0.15) is 5.25 Å². The second-order valence-electron chi connectivity index (χ2n) is 2.69. The van der Waals surface area contributed by atoms with E-state index in [-0.39, 0.29) is 17.1 Å². The average molecular weight is 192 g/mol. The number of hydrogen-bond donors (Lipinski definition) is 2. The molecule has 72 valence electrons. The van der Waals surface area contributed by atoms with Crippen LogP contribution in [0.4, 0.5) is 0 Å². The van der Waals surface area contributed by atoms with Gasteiger partial charge in [0.2, 0.25) is 0 Å². The van der Waals surface area contributed by atoms with Crippen molar-refractivity contribution in [3.8, 4) is 0 Å². The van der Waals surface area contributed by atoms with E-state index in [1.54, 1.807) is 0 Å². The van der Waals surface area contributed by atoms with Gasteiger partial charge in [-0.1, -0.05) is 13.8 Å². The van der Waals surface area contributed by atoms with Gasteiger partial charge in [-0.25, -0.2) is 0 Å². The van der Waals surface area contributed by atoms with Crippen molar-refractivity contribution < 1.29 is 15.0 Å². The lowest BCUT2D eigenvalue weighted by molar-refractivity contribution is -0.136. The quantitative estimate of drug-likeness (QED) is 0.667. The first-order valence-corrected chi connectivity index (χ1v) is 5.05. The largest absolute Gasteiger partial charge is 0.480 e. The summed E-state index contributed by atoms with van der Waals surface area (Å²) in [4.78, 5) is 10.6. The number of carboxylic acid groups (broad SMARTS) is 1. The third kappa shape index (κ3) is 4.62. The van der Waals surface area contributed by atoms with Gasteiger partial charge in [0, 0.05) is 11.9 Å². The van der Waals surface area contributed by atoms with Crippen LogP contribution in [0.1, 0.15) is 26.7 Å². The lowest BCUT2D eigenvalue weighted by atomic mass is 10.3. The monoisotopic (exact) mass is 192 g/mol. The predicted molar refractivity (Wildman–Crippen MR) is 50.5 cm³/mol. The van der Waals surface area contributed by atoms with Crippen molar-refractivity contribution >= 4 is 17.7 Å². The van der Waals surface area contributed by atoms with E-state index in [1.165, 1.54) is 11.8 Å². The van der Waals surface area contributed by atoms with Gasteiger partial charge < -0.3 is 10.2 Å². The molecular weight excluding hydrogens is 176 g/mol. The van der Waals surface area contributed by atoms with Gasteiger partial charge in [0.25, 0.3) is 0 Å². The van der Waals surface area contributed by atoms with Crippen molar-refractivity contribution in [3.05, 3.63) is 0 Å². The van der Waals surface area contributed by atoms with Crippen LogP contribution in [0.25, 0.3) is 0 Å². The highest BCUT2D eigenvalue weighted by Gasteiger charge is 2.18. The molecule has 0 heterocycles. The molecule has 0 amide bonds. The van der Waals surface area contributed by atoms with Crippen molar-refractivity contribution in [2.75, 3.05) is 6.61 Å². The fraction of sp³-hybridized carbons (Fsp3) is 0.875. The zero-order valence-electron chi connectivity index (χ0n) is 7.49. The maximum atomic E-state index is 10.6. The van der Waals surface area contributed by atoms with Crippen LogP contribution >= 0.6 is 11.8 Å². The summed E-state index contributed by atoms with van der Waals surface area (Å²) in [5.41, 5.74) is 0. The van der Waals surface area contributed by atoms with Crippen molar-refractivity contribution in [2.45, 2.75) is 37.2 Å². The first-order valence-electron chi connectivity index (χ1n) is 4.10. The maximum absolute atomic E-state index is 10.6. The van der Waals surface area contributed by atoms with E-state index in [4.69, 9.17) is 10.2 Å². The Bertz CT molecular complexity index is 138. The molecule has 0 aromatic rings. The highest BCUT2D eigenvalue weighted by molar-refractivity contribution is 8.01. The number of aliphatic carboxylic acids is 1. The molecule has 12 heavy (non-hydrogen) atoms. The summed E-state index contributed by atoms with van der Waals surface area (Å²) < 4.78 is 0. The molecule has 0 spiro atoms. The Hall–Kier alpha value is -0.220. The molecule has 0 aliphatic rings. The first kappa shape index (κ1) is 11.8. The minimum Gasteiger partial charge on any atom is -0.480 e. The van der Waals surface area contributed by atoms with Gasteiger partial charge in [0.05, 0.1) is 0 Å². The van der Waals surface area contributed by atoms with Crippen LogP contribution in [0.2, 0.25) is 0 Å². The van der Waals surface area contributed by atoms with Gasteiger partial charge in [-0.2, -0.15) is 0 Å². The molecular formula is C8H16O3S. The van der Waals surface area contributed by atoms with Gasteiger partial charge in [-0.3, -0.25) is 4.79 Å².